The lowest BCUT2D eigenvalue weighted by atomic mass is 9.88. The second kappa shape index (κ2) is 6.26. The van der Waals surface area contributed by atoms with Gasteiger partial charge >= 0.3 is 11.9 Å². The molecule has 0 aromatic heterocycles. The van der Waals surface area contributed by atoms with E-state index in [1.54, 1.807) is 6.92 Å². The van der Waals surface area contributed by atoms with Gasteiger partial charge in [0.25, 0.3) is 0 Å². The van der Waals surface area contributed by atoms with Crippen LogP contribution in [0.4, 0.5) is 0 Å². The fourth-order valence-corrected chi connectivity index (χ4v) is 1.94. The van der Waals surface area contributed by atoms with Crippen LogP contribution in [0.3, 0.4) is 0 Å². The molecular weight excluding hydrogens is 204 g/mol. The summed E-state index contributed by atoms with van der Waals surface area (Å²) in [6.45, 7) is 4.93. The van der Waals surface area contributed by atoms with Gasteiger partial charge in [-0.15, -0.1) is 0 Å². The van der Waals surface area contributed by atoms with E-state index >= 15 is 0 Å². The fraction of sp³-hybridized carbons (Fsp3) is 0.538. The second-order valence-electron chi connectivity index (χ2n) is 4.16. The molecule has 0 unspecified atom stereocenters. The first kappa shape index (κ1) is 12.7. The number of allylic oxidation sites excluding steroid dienone is 1. The summed E-state index contributed by atoms with van der Waals surface area (Å²) >= 11 is 0. The van der Waals surface area contributed by atoms with E-state index in [-0.39, 0.29) is 0 Å². The Morgan fingerprint density at radius 1 is 1.25 bits per heavy atom. The van der Waals surface area contributed by atoms with Crippen molar-refractivity contribution in [1.29, 1.82) is 0 Å². The molecule has 0 saturated heterocycles. The van der Waals surface area contributed by atoms with Crippen LogP contribution in [0, 0.1) is 5.92 Å². The Hall–Kier alpha value is -1.38. The van der Waals surface area contributed by atoms with Crippen molar-refractivity contribution >= 4 is 11.9 Å². The minimum atomic E-state index is -0.693. The Morgan fingerprint density at radius 3 is 2.44 bits per heavy atom. The average Bonchev–Trinajstić information content (AvgIpc) is 2.30. The van der Waals surface area contributed by atoms with Crippen LogP contribution in [0.2, 0.25) is 0 Å². The molecule has 1 aliphatic rings. The van der Waals surface area contributed by atoms with E-state index in [2.05, 4.69) is 11.3 Å². The molecule has 1 rings (SSSR count). The molecular formula is C13H18O3. The van der Waals surface area contributed by atoms with Crippen LogP contribution in [0.1, 0.15) is 39.0 Å². The average molecular weight is 222 g/mol. The number of esters is 2. The van der Waals surface area contributed by atoms with Crippen molar-refractivity contribution in [2.45, 2.75) is 39.0 Å². The van der Waals surface area contributed by atoms with Gasteiger partial charge < -0.3 is 4.74 Å². The van der Waals surface area contributed by atoms with E-state index in [0.717, 1.165) is 18.9 Å². The van der Waals surface area contributed by atoms with Crippen LogP contribution in [-0.4, -0.2) is 11.9 Å². The van der Waals surface area contributed by atoms with E-state index in [4.69, 9.17) is 0 Å². The van der Waals surface area contributed by atoms with Crippen molar-refractivity contribution in [3.63, 3.8) is 0 Å². The molecule has 0 N–H and O–H groups in total. The molecule has 0 aliphatic heterocycles. The lowest BCUT2D eigenvalue weighted by molar-refractivity contribution is -0.153. The van der Waals surface area contributed by atoms with Crippen molar-refractivity contribution in [1.82, 2.24) is 0 Å². The monoisotopic (exact) mass is 222 g/mol. The molecule has 0 spiro atoms. The van der Waals surface area contributed by atoms with E-state index in [9.17, 15) is 9.59 Å². The molecule has 0 bridgehead atoms. The maximum Gasteiger partial charge on any atom is 0.341 e. The minimum Gasteiger partial charge on any atom is -0.386 e. The summed E-state index contributed by atoms with van der Waals surface area (Å²) in [5.41, 5.74) is 0.516. The Balaban J connectivity index is 2.50. The third kappa shape index (κ3) is 4.01. The molecule has 0 atom stereocenters. The Bertz CT molecular complexity index is 309. The normalized spacial score (nSPS) is 17.9. The van der Waals surface area contributed by atoms with Gasteiger partial charge in [-0.2, -0.15) is 0 Å². The van der Waals surface area contributed by atoms with E-state index in [1.807, 2.05) is 6.08 Å². The van der Waals surface area contributed by atoms with Crippen molar-refractivity contribution < 1.29 is 14.3 Å². The van der Waals surface area contributed by atoms with Crippen LogP contribution >= 0.6 is 0 Å². The summed E-state index contributed by atoms with van der Waals surface area (Å²) in [4.78, 5) is 22.3. The van der Waals surface area contributed by atoms with Crippen molar-refractivity contribution in [3.8, 4) is 0 Å². The Morgan fingerprint density at radius 2 is 1.88 bits per heavy atom. The highest BCUT2D eigenvalue weighted by molar-refractivity contribution is 5.98. The molecule has 3 heteroatoms. The summed E-state index contributed by atoms with van der Waals surface area (Å²) in [6.07, 6.45) is 8.89. The first-order chi connectivity index (χ1) is 7.63. The summed E-state index contributed by atoms with van der Waals surface area (Å²) in [6, 6.07) is 0. The number of hydrogen-bond donors (Lipinski definition) is 0. The molecule has 0 heterocycles. The first-order valence-corrected chi connectivity index (χ1v) is 5.70. The van der Waals surface area contributed by atoms with Gasteiger partial charge in [0.2, 0.25) is 0 Å². The molecule has 0 amide bonds. The third-order valence-corrected chi connectivity index (χ3v) is 2.82. The lowest BCUT2D eigenvalue weighted by Crippen LogP contribution is -2.12. The summed E-state index contributed by atoms with van der Waals surface area (Å²) in [7, 11) is 0. The Kier molecular flexibility index (Phi) is 4.96. The smallest absolute Gasteiger partial charge is 0.341 e. The highest BCUT2D eigenvalue weighted by Gasteiger charge is 2.15. The van der Waals surface area contributed by atoms with E-state index < -0.39 is 11.9 Å². The van der Waals surface area contributed by atoms with Crippen LogP contribution in [0.25, 0.3) is 0 Å². The van der Waals surface area contributed by atoms with Crippen LogP contribution in [-0.2, 0) is 14.3 Å². The molecule has 1 fully saturated rings. The largest absolute Gasteiger partial charge is 0.386 e. The highest BCUT2D eigenvalue weighted by Crippen LogP contribution is 2.25. The van der Waals surface area contributed by atoms with Gasteiger partial charge in [0.05, 0.1) is 0 Å². The second-order valence-corrected chi connectivity index (χ2v) is 4.16. The van der Waals surface area contributed by atoms with Gasteiger partial charge in [0.1, 0.15) is 0 Å². The third-order valence-electron chi connectivity index (χ3n) is 2.82. The lowest BCUT2D eigenvalue weighted by Gasteiger charge is -2.18. The zero-order chi connectivity index (χ0) is 12.0. The maximum atomic E-state index is 11.4. The van der Waals surface area contributed by atoms with Crippen molar-refractivity contribution in [2.75, 3.05) is 0 Å². The topological polar surface area (TPSA) is 43.4 Å². The number of hydrogen-bond acceptors (Lipinski definition) is 3. The predicted molar refractivity (Wildman–Crippen MR) is 61.6 cm³/mol. The number of carbonyl (C=O) groups is 2. The SMILES string of the molecule is C=CC(=O)OC(=O)C(C)=CC1CCCCC1. The molecule has 16 heavy (non-hydrogen) atoms. The van der Waals surface area contributed by atoms with Gasteiger partial charge in [-0.25, -0.2) is 9.59 Å². The minimum absolute atomic E-state index is 0.458. The quantitative estimate of drug-likeness (QED) is 0.419. The molecule has 0 aromatic carbocycles. The number of ether oxygens (including phenoxy) is 1. The van der Waals surface area contributed by atoms with Crippen LogP contribution in [0.5, 0.6) is 0 Å². The zero-order valence-corrected chi connectivity index (χ0v) is 9.70. The Labute approximate surface area is 96.2 Å². The summed E-state index contributed by atoms with van der Waals surface area (Å²) in [5.74, 6) is -0.794. The highest BCUT2D eigenvalue weighted by atomic mass is 16.6. The maximum absolute atomic E-state index is 11.4. The fourth-order valence-electron chi connectivity index (χ4n) is 1.94. The number of rotatable bonds is 3. The molecule has 0 radical (unpaired) electrons. The standard InChI is InChI=1S/C13H18O3/c1-3-12(14)16-13(15)10(2)9-11-7-5-4-6-8-11/h3,9,11H,1,4-8H2,2H3. The predicted octanol–water partition coefficient (Wildman–Crippen LogP) is 2.77. The van der Waals surface area contributed by atoms with Crippen LogP contribution < -0.4 is 0 Å². The van der Waals surface area contributed by atoms with E-state index in [0.29, 0.717) is 11.5 Å². The molecule has 1 aliphatic carbocycles. The van der Waals surface area contributed by atoms with Crippen molar-refractivity contribution in [2.24, 2.45) is 5.92 Å². The first-order valence-electron chi connectivity index (χ1n) is 5.70. The van der Waals surface area contributed by atoms with Gasteiger partial charge in [0.15, 0.2) is 0 Å². The molecule has 88 valence electrons. The summed E-state index contributed by atoms with van der Waals surface area (Å²) < 4.78 is 4.54. The zero-order valence-electron chi connectivity index (χ0n) is 9.70. The van der Waals surface area contributed by atoms with Crippen LogP contribution in [0.15, 0.2) is 24.3 Å². The van der Waals surface area contributed by atoms with Gasteiger partial charge in [-0.3, -0.25) is 0 Å². The molecule has 3 nitrogen and oxygen atoms in total. The van der Waals surface area contributed by atoms with Gasteiger partial charge in [0, 0.05) is 11.6 Å². The number of carbonyl (C=O) groups excluding carboxylic acids is 2. The van der Waals surface area contributed by atoms with E-state index in [1.165, 1.54) is 19.3 Å². The van der Waals surface area contributed by atoms with Gasteiger partial charge in [-0.05, 0) is 25.7 Å². The molecule has 1 saturated carbocycles. The van der Waals surface area contributed by atoms with Crippen molar-refractivity contribution in [3.05, 3.63) is 24.3 Å². The molecule has 0 aromatic rings. The van der Waals surface area contributed by atoms with Gasteiger partial charge in [-0.1, -0.05) is 31.9 Å². The summed E-state index contributed by atoms with van der Waals surface area (Å²) in [5, 5.41) is 0.